The molecule has 6 rings (SSSR count). The first-order valence-corrected chi connectivity index (χ1v) is 21.9. The number of methoxy groups -OCH3 is 1. The number of hydrogen-bond donors (Lipinski definition) is 5. The third-order valence-corrected chi connectivity index (χ3v) is 12.7. The molecule has 0 radical (unpaired) electrons. The van der Waals surface area contributed by atoms with Gasteiger partial charge in [-0.1, -0.05) is 24.3 Å². The highest BCUT2D eigenvalue weighted by Gasteiger charge is 2.40. The van der Waals surface area contributed by atoms with Crippen LogP contribution in [0.3, 0.4) is 0 Å². The molecule has 2 amide bonds. The van der Waals surface area contributed by atoms with E-state index in [4.69, 9.17) is 38.5 Å². The molecule has 0 spiro atoms. The molecule has 2 aliphatic heterocycles. The average Bonchev–Trinajstić information content (AvgIpc) is 3.85. The minimum absolute atomic E-state index is 0.0495. The van der Waals surface area contributed by atoms with E-state index in [2.05, 4.69) is 20.3 Å². The van der Waals surface area contributed by atoms with Crippen molar-refractivity contribution in [3.63, 3.8) is 0 Å². The van der Waals surface area contributed by atoms with Gasteiger partial charge >= 0.3 is 18.8 Å². The van der Waals surface area contributed by atoms with Crippen LogP contribution in [0.1, 0.15) is 47.5 Å². The standard InChI is InChI=1S/C38H46N7O13PS/c1-3-54-36(44-14-4-16-53-23-43-38(44)50)33(52-2)29(13-15-46)58-59(51,55-19-30-28(48)17-31(57-30)45-22-42-32-34(39)40-21-41-35(32)45)60-20-25-7-11-27(12-8-25)56-37(49)26-9-5-24(18-47)6-10-26/h4-12,14,21-22,28,30-31,36,46-48H,3,13,15-20,23H2,1-2H3,(H,43,50)(H2,39,40,41)/b14-4?,33-29-/t28-,30-,31-,36-,59?/m1/s1. The second-order valence-corrected chi connectivity index (χ2v) is 17.1. The molecule has 0 bridgehead atoms. The number of aromatic nitrogens is 4. The Morgan fingerprint density at radius 3 is 2.60 bits per heavy atom. The number of benzene rings is 2. The third kappa shape index (κ3) is 11.0. The number of esters is 1. The van der Waals surface area contributed by atoms with Gasteiger partial charge < -0.3 is 54.6 Å². The Kier molecular flexibility index (Phi) is 15.5. The molecule has 1 unspecified atom stereocenters. The minimum Gasteiger partial charge on any atom is -0.493 e. The zero-order valence-corrected chi connectivity index (χ0v) is 34.4. The van der Waals surface area contributed by atoms with E-state index in [9.17, 15) is 29.5 Å². The first kappa shape index (κ1) is 44.5. The number of carbonyl (C=O) groups excluding carboxylic acids is 2. The summed E-state index contributed by atoms with van der Waals surface area (Å²) in [6, 6.07) is 12.2. The van der Waals surface area contributed by atoms with Crippen LogP contribution >= 0.6 is 18.2 Å². The molecule has 1 fully saturated rings. The maximum Gasteiger partial charge on any atom is 0.440 e. The average molecular weight is 872 g/mol. The number of amides is 2. The summed E-state index contributed by atoms with van der Waals surface area (Å²) in [5, 5.41) is 33.2. The highest BCUT2D eigenvalue weighted by Crippen LogP contribution is 2.64. The van der Waals surface area contributed by atoms with Crippen molar-refractivity contribution in [1.82, 2.24) is 29.7 Å². The monoisotopic (exact) mass is 871 g/mol. The summed E-state index contributed by atoms with van der Waals surface area (Å²) >= 11 is 0.797. The molecule has 2 aromatic heterocycles. The number of nitrogens with one attached hydrogen (secondary N) is 1. The maximum absolute atomic E-state index is 14.9. The quantitative estimate of drug-likeness (QED) is 0.0386. The highest BCUT2D eigenvalue weighted by molar-refractivity contribution is 8.54. The van der Waals surface area contributed by atoms with Crippen LogP contribution in [0.25, 0.3) is 11.2 Å². The predicted octanol–water partition coefficient (Wildman–Crippen LogP) is 3.96. The summed E-state index contributed by atoms with van der Waals surface area (Å²) in [5.41, 5.74) is 8.31. The molecule has 322 valence electrons. The van der Waals surface area contributed by atoms with Gasteiger partial charge in [0.2, 0.25) is 0 Å². The number of rotatable bonds is 19. The fourth-order valence-corrected chi connectivity index (χ4v) is 9.29. The molecule has 4 aromatic rings. The number of anilines is 1. The molecule has 1 saturated heterocycles. The first-order chi connectivity index (χ1) is 29.1. The summed E-state index contributed by atoms with van der Waals surface area (Å²) in [6.45, 7) is -3.44. The van der Waals surface area contributed by atoms with Gasteiger partial charge in [0.15, 0.2) is 29.2 Å². The number of aliphatic hydroxyl groups is 3. The zero-order chi connectivity index (χ0) is 42.6. The summed E-state index contributed by atoms with van der Waals surface area (Å²) in [5.74, 6) is -0.307. The number of ether oxygens (including phenoxy) is 5. The van der Waals surface area contributed by atoms with Crippen molar-refractivity contribution < 1.29 is 62.2 Å². The van der Waals surface area contributed by atoms with Gasteiger partial charge in [-0.3, -0.25) is 14.0 Å². The number of carbonyl (C=O) groups is 2. The van der Waals surface area contributed by atoms with E-state index in [1.54, 1.807) is 66.1 Å². The lowest BCUT2D eigenvalue weighted by Crippen LogP contribution is -2.47. The van der Waals surface area contributed by atoms with Gasteiger partial charge in [-0.25, -0.2) is 29.1 Å². The number of nitrogen functional groups attached to an aromatic ring is 1. The van der Waals surface area contributed by atoms with Crippen LogP contribution in [-0.4, -0.2) is 110 Å². The van der Waals surface area contributed by atoms with Gasteiger partial charge in [0, 0.05) is 31.4 Å². The lowest BCUT2D eigenvalue weighted by atomic mass is 10.1. The number of fused-ring (bicyclic) bond motifs is 1. The highest BCUT2D eigenvalue weighted by atomic mass is 32.7. The van der Waals surface area contributed by atoms with E-state index in [0.717, 1.165) is 11.4 Å². The van der Waals surface area contributed by atoms with Crippen molar-refractivity contribution in [3.8, 4) is 5.75 Å². The van der Waals surface area contributed by atoms with Crippen LogP contribution in [-0.2, 0) is 44.9 Å². The van der Waals surface area contributed by atoms with Gasteiger partial charge in [-0.2, -0.15) is 0 Å². The van der Waals surface area contributed by atoms with Crippen LogP contribution in [0.2, 0.25) is 0 Å². The number of imidazole rings is 1. The van der Waals surface area contributed by atoms with Crippen molar-refractivity contribution in [3.05, 3.63) is 102 Å². The smallest absolute Gasteiger partial charge is 0.440 e. The lowest BCUT2D eigenvalue weighted by molar-refractivity contribution is -0.0400. The number of urea groups is 1. The van der Waals surface area contributed by atoms with Crippen molar-refractivity contribution in [1.29, 1.82) is 0 Å². The zero-order valence-electron chi connectivity index (χ0n) is 32.7. The van der Waals surface area contributed by atoms with E-state index in [1.807, 2.05) is 0 Å². The van der Waals surface area contributed by atoms with Crippen LogP contribution < -0.4 is 15.8 Å². The van der Waals surface area contributed by atoms with Crippen molar-refractivity contribution in [2.45, 2.75) is 56.8 Å². The van der Waals surface area contributed by atoms with Gasteiger partial charge in [-0.15, -0.1) is 0 Å². The van der Waals surface area contributed by atoms with Gasteiger partial charge in [-0.05, 0) is 59.8 Å². The van der Waals surface area contributed by atoms with E-state index >= 15 is 0 Å². The Morgan fingerprint density at radius 2 is 1.88 bits per heavy atom. The van der Waals surface area contributed by atoms with Gasteiger partial charge in [0.05, 0.1) is 51.5 Å². The Bertz CT molecular complexity index is 2190. The molecule has 5 atom stereocenters. The normalized spacial score (nSPS) is 20.1. The summed E-state index contributed by atoms with van der Waals surface area (Å²) in [6.07, 6.45) is 1.68. The molecule has 2 aromatic carbocycles. The molecule has 4 heterocycles. The molecule has 2 aliphatic rings. The summed E-state index contributed by atoms with van der Waals surface area (Å²) in [4.78, 5) is 39.6. The van der Waals surface area contributed by atoms with Crippen molar-refractivity contribution in [2.24, 2.45) is 0 Å². The number of aliphatic hydroxyl groups excluding tert-OH is 3. The molecule has 22 heteroatoms. The van der Waals surface area contributed by atoms with Crippen LogP contribution in [0.5, 0.6) is 5.75 Å². The molecule has 6 N–H and O–H groups in total. The van der Waals surface area contributed by atoms with Crippen LogP contribution in [0.15, 0.2) is 85.0 Å². The van der Waals surface area contributed by atoms with Gasteiger partial charge in [0.25, 0.3) is 0 Å². The summed E-state index contributed by atoms with van der Waals surface area (Å²) in [7, 11) is 1.31. The van der Waals surface area contributed by atoms with E-state index < -0.39 is 56.7 Å². The maximum atomic E-state index is 14.9. The topological polar surface area (TPSA) is 261 Å². The van der Waals surface area contributed by atoms with Crippen molar-refractivity contribution in [2.75, 3.05) is 46.0 Å². The number of hydrogen-bond acceptors (Lipinski definition) is 18. The Morgan fingerprint density at radius 1 is 1.12 bits per heavy atom. The van der Waals surface area contributed by atoms with Crippen molar-refractivity contribution >= 4 is 47.2 Å². The number of nitrogens with two attached hydrogens (primary N) is 1. The SMILES string of the molecule is CCO[C@H](/C(OC)=C(\CCO)OP(=O)(OC[C@H]1O[C@@H](n2cnc3c(N)ncnc32)C[C@H]1O)SCc1ccc(OC(=O)c2ccc(CO)cc2)cc1)N1C=CCOCNC1=O. The lowest BCUT2D eigenvalue weighted by Gasteiger charge is -2.32. The van der Waals surface area contributed by atoms with Gasteiger partial charge in [0.1, 0.15) is 36.7 Å². The first-order valence-electron chi connectivity index (χ1n) is 18.7. The molecule has 0 saturated carbocycles. The fraction of sp³-hybridized carbons (Fsp3) is 0.395. The molecular weight excluding hydrogens is 825 g/mol. The number of nitrogens with zero attached hydrogens (tertiary/aromatic N) is 5. The Hall–Kier alpha value is -5.09. The van der Waals surface area contributed by atoms with E-state index in [0.29, 0.717) is 27.9 Å². The van der Waals surface area contributed by atoms with E-state index in [-0.39, 0.29) is 68.2 Å². The Balaban J connectivity index is 1.24. The molecular formula is C38H46N7O13PS. The van der Waals surface area contributed by atoms with E-state index in [1.165, 1.54) is 30.9 Å². The second kappa shape index (κ2) is 20.9. The largest absolute Gasteiger partial charge is 0.493 e. The third-order valence-electron chi connectivity index (χ3n) is 9.09. The molecule has 60 heavy (non-hydrogen) atoms. The van der Waals surface area contributed by atoms with Crippen LogP contribution in [0, 0.1) is 0 Å². The predicted molar refractivity (Wildman–Crippen MR) is 215 cm³/mol. The minimum atomic E-state index is -4.35. The fourth-order valence-electron chi connectivity index (χ4n) is 6.07. The van der Waals surface area contributed by atoms with Crippen LogP contribution in [0.4, 0.5) is 10.6 Å². The Labute approximate surface area is 348 Å². The molecule has 0 aliphatic carbocycles. The summed E-state index contributed by atoms with van der Waals surface area (Å²) < 4.78 is 57.5. The second-order valence-electron chi connectivity index (χ2n) is 13.1. The molecule has 20 nitrogen and oxygen atoms in total.